The summed E-state index contributed by atoms with van der Waals surface area (Å²) in [6.45, 7) is 6.46. The minimum Gasteiger partial charge on any atom is -0.388 e. The minimum absolute atomic E-state index is 0.331. The number of anilines is 1. The molecule has 0 aliphatic rings. The highest BCUT2D eigenvalue weighted by Crippen LogP contribution is 2.22. The molecule has 1 aromatic carbocycles. The second-order valence-electron chi connectivity index (χ2n) is 4.76. The molecule has 1 aromatic rings. The van der Waals surface area contributed by atoms with Crippen LogP contribution in [0.4, 0.5) is 5.69 Å². The quantitative estimate of drug-likeness (QED) is 0.811. The van der Waals surface area contributed by atoms with Crippen LogP contribution in [0.15, 0.2) is 24.3 Å². The molecule has 0 aliphatic carbocycles. The first-order valence-electron chi connectivity index (χ1n) is 6.61. The van der Waals surface area contributed by atoms with Gasteiger partial charge in [0, 0.05) is 18.8 Å². The van der Waals surface area contributed by atoms with E-state index in [-0.39, 0.29) is 6.10 Å². The summed E-state index contributed by atoms with van der Waals surface area (Å²) in [5.41, 5.74) is 2.23. The van der Waals surface area contributed by atoms with Gasteiger partial charge in [-0.25, -0.2) is 0 Å². The highest BCUT2D eigenvalue weighted by molar-refractivity contribution is 5.48. The molecule has 2 atom stereocenters. The van der Waals surface area contributed by atoms with Crippen LogP contribution < -0.4 is 4.90 Å². The fraction of sp³-hybridized carbons (Fsp3) is 0.600. The summed E-state index contributed by atoms with van der Waals surface area (Å²) in [6, 6.07) is 8.81. The zero-order valence-electron chi connectivity index (χ0n) is 11.5. The first-order chi connectivity index (χ1) is 8.10. The minimum atomic E-state index is -0.331. The average molecular weight is 235 g/mol. The number of benzene rings is 1. The van der Waals surface area contributed by atoms with Gasteiger partial charge in [0.25, 0.3) is 0 Å². The van der Waals surface area contributed by atoms with Crippen molar-refractivity contribution in [2.45, 2.75) is 52.2 Å². The average Bonchev–Trinajstić information content (AvgIpc) is 2.37. The van der Waals surface area contributed by atoms with E-state index in [0.717, 1.165) is 12.0 Å². The molecule has 0 aromatic heterocycles. The Labute approximate surface area is 105 Å². The largest absolute Gasteiger partial charge is 0.388 e. The van der Waals surface area contributed by atoms with Gasteiger partial charge >= 0.3 is 0 Å². The van der Waals surface area contributed by atoms with E-state index in [1.54, 1.807) is 0 Å². The Morgan fingerprint density at radius 2 is 1.76 bits per heavy atom. The van der Waals surface area contributed by atoms with Crippen LogP contribution >= 0.6 is 0 Å². The van der Waals surface area contributed by atoms with Crippen LogP contribution in [0.3, 0.4) is 0 Å². The lowest BCUT2D eigenvalue weighted by atomic mass is 10.1. The van der Waals surface area contributed by atoms with Crippen molar-refractivity contribution in [3.8, 4) is 0 Å². The van der Waals surface area contributed by atoms with Crippen molar-refractivity contribution in [1.29, 1.82) is 0 Å². The van der Waals surface area contributed by atoms with Crippen LogP contribution in [-0.4, -0.2) is 18.2 Å². The summed E-state index contributed by atoms with van der Waals surface area (Å²) in [7, 11) is 2.13. The monoisotopic (exact) mass is 235 g/mol. The van der Waals surface area contributed by atoms with Crippen molar-refractivity contribution < 1.29 is 5.11 Å². The number of hydrogen-bond donors (Lipinski definition) is 1. The Hall–Kier alpha value is -1.02. The summed E-state index contributed by atoms with van der Waals surface area (Å²) in [4.78, 5) is 2.30. The predicted molar refractivity (Wildman–Crippen MR) is 74.5 cm³/mol. The van der Waals surface area contributed by atoms with Crippen LogP contribution in [0.2, 0.25) is 0 Å². The van der Waals surface area contributed by atoms with Crippen LogP contribution in [0.1, 0.15) is 51.7 Å². The van der Waals surface area contributed by atoms with Crippen molar-refractivity contribution in [3.63, 3.8) is 0 Å². The fourth-order valence-corrected chi connectivity index (χ4v) is 2.03. The van der Waals surface area contributed by atoms with Crippen LogP contribution in [0.5, 0.6) is 0 Å². The Morgan fingerprint density at radius 1 is 1.18 bits per heavy atom. The van der Waals surface area contributed by atoms with E-state index in [2.05, 4.69) is 37.9 Å². The molecule has 0 fully saturated rings. The summed E-state index contributed by atoms with van der Waals surface area (Å²) >= 11 is 0. The number of aliphatic hydroxyl groups excluding tert-OH is 1. The summed E-state index contributed by atoms with van der Waals surface area (Å²) < 4.78 is 0. The van der Waals surface area contributed by atoms with E-state index < -0.39 is 0 Å². The molecular formula is C15H25NO. The lowest BCUT2D eigenvalue weighted by molar-refractivity contribution is 0.173. The van der Waals surface area contributed by atoms with Gasteiger partial charge in [0.1, 0.15) is 0 Å². The molecule has 0 saturated carbocycles. The second-order valence-corrected chi connectivity index (χ2v) is 4.76. The van der Waals surface area contributed by atoms with Crippen molar-refractivity contribution in [3.05, 3.63) is 29.8 Å². The maximum absolute atomic E-state index is 9.74. The molecule has 0 amide bonds. The summed E-state index contributed by atoms with van der Waals surface area (Å²) in [5, 5.41) is 9.74. The lowest BCUT2D eigenvalue weighted by Crippen LogP contribution is -2.28. The maximum atomic E-state index is 9.74. The first-order valence-corrected chi connectivity index (χ1v) is 6.61. The molecule has 0 aliphatic heterocycles. The molecular weight excluding hydrogens is 210 g/mol. The van der Waals surface area contributed by atoms with Gasteiger partial charge in [0.2, 0.25) is 0 Å². The van der Waals surface area contributed by atoms with E-state index in [0.29, 0.717) is 6.04 Å². The molecule has 1 rings (SSSR count). The van der Waals surface area contributed by atoms with E-state index in [4.69, 9.17) is 0 Å². The Balaban J connectivity index is 2.73. The van der Waals surface area contributed by atoms with Crippen molar-refractivity contribution in [2.24, 2.45) is 0 Å². The molecule has 0 heterocycles. The number of aliphatic hydroxyl groups is 1. The Morgan fingerprint density at radius 3 is 2.24 bits per heavy atom. The van der Waals surface area contributed by atoms with Gasteiger partial charge in [-0.15, -0.1) is 0 Å². The smallest absolute Gasteiger partial charge is 0.0787 e. The van der Waals surface area contributed by atoms with Crippen LogP contribution in [-0.2, 0) is 0 Å². The van der Waals surface area contributed by atoms with Gasteiger partial charge in [0.05, 0.1) is 6.10 Å². The van der Waals surface area contributed by atoms with Gasteiger partial charge < -0.3 is 10.0 Å². The molecule has 0 spiro atoms. The van der Waals surface area contributed by atoms with Crippen LogP contribution in [0, 0.1) is 0 Å². The van der Waals surface area contributed by atoms with Gasteiger partial charge in [0.15, 0.2) is 0 Å². The van der Waals surface area contributed by atoms with Crippen LogP contribution in [0.25, 0.3) is 0 Å². The number of rotatable bonds is 6. The standard InChI is InChI=1S/C15H25NO/c1-5-7-12(3)16(4)14-10-8-13(9-11-14)15(17)6-2/h8-12,15,17H,5-7H2,1-4H3/t12?,15-/m1/s1. The molecule has 0 bridgehead atoms. The molecule has 17 heavy (non-hydrogen) atoms. The predicted octanol–water partition coefficient (Wildman–Crippen LogP) is 3.75. The molecule has 0 saturated heterocycles. The molecule has 1 N–H and O–H groups in total. The third kappa shape index (κ3) is 3.74. The van der Waals surface area contributed by atoms with Crippen molar-refractivity contribution >= 4 is 5.69 Å². The molecule has 2 heteroatoms. The van der Waals surface area contributed by atoms with E-state index in [1.807, 2.05) is 19.1 Å². The van der Waals surface area contributed by atoms with Gasteiger partial charge in [-0.05, 0) is 37.5 Å². The number of nitrogens with zero attached hydrogens (tertiary/aromatic N) is 1. The summed E-state index contributed by atoms with van der Waals surface area (Å²) in [6.07, 6.45) is 2.84. The first kappa shape index (κ1) is 14.0. The van der Waals surface area contributed by atoms with E-state index in [9.17, 15) is 5.11 Å². The second kappa shape index (κ2) is 6.65. The highest BCUT2D eigenvalue weighted by Gasteiger charge is 2.10. The maximum Gasteiger partial charge on any atom is 0.0787 e. The SMILES string of the molecule is CCCC(C)N(C)c1ccc([C@H](O)CC)cc1. The Bertz CT molecular complexity index is 320. The molecule has 1 unspecified atom stereocenters. The van der Waals surface area contributed by atoms with Gasteiger partial charge in [-0.2, -0.15) is 0 Å². The fourth-order valence-electron chi connectivity index (χ4n) is 2.03. The third-order valence-electron chi connectivity index (χ3n) is 3.44. The Kier molecular flexibility index (Phi) is 5.49. The molecule has 2 nitrogen and oxygen atoms in total. The van der Waals surface area contributed by atoms with Gasteiger partial charge in [-0.3, -0.25) is 0 Å². The van der Waals surface area contributed by atoms with E-state index in [1.165, 1.54) is 18.5 Å². The number of hydrogen-bond acceptors (Lipinski definition) is 2. The molecule has 0 radical (unpaired) electrons. The zero-order chi connectivity index (χ0) is 12.8. The normalized spacial score (nSPS) is 14.4. The zero-order valence-corrected chi connectivity index (χ0v) is 11.5. The highest BCUT2D eigenvalue weighted by atomic mass is 16.3. The molecule has 96 valence electrons. The van der Waals surface area contributed by atoms with Crippen molar-refractivity contribution in [2.75, 3.05) is 11.9 Å². The van der Waals surface area contributed by atoms with Crippen molar-refractivity contribution in [1.82, 2.24) is 0 Å². The summed E-state index contributed by atoms with van der Waals surface area (Å²) in [5.74, 6) is 0. The third-order valence-corrected chi connectivity index (χ3v) is 3.44. The van der Waals surface area contributed by atoms with Gasteiger partial charge in [-0.1, -0.05) is 32.4 Å². The topological polar surface area (TPSA) is 23.5 Å². The lowest BCUT2D eigenvalue weighted by Gasteiger charge is -2.27. The van der Waals surface area contributed by atoms with E-state index >= 15 is 0 Å².